The predicted molar refractivity (Wildman–Crippen MR) is 72.9 cm³/mol. The van der Waals surface area contributed by atoms with Crippen LogP contribution >= 0.6 is 0 Å². The van der Waals surface area contributed by atoms with Crippen LogP contribution in [0, 0.1) is 12.7 Å². The van der Waals surface area contributed by atoms with Gasteiger partial charge >= 0.3 is 0 Å². The van der Waals surface area contributed by atoms with E-state index in [0.717, 1.165) is 12.0 Å². The molecule has 3 rings (SSSR count). The van der Waals surface area contributed by atoms with E-state index < -0.39 is 5.82 Å². The SMILES string of the molecule is Cc1ccc(C(=O)N2CCC(n3cccn3)C2)c(F)c1. The fraction of sp³-hybridized carbons (Fsp3) is 0.333. The molecule has 1 saturated heterocycles. The number of carbonyl (C=O) groups is 1. The molecule has 0 spiro atoms. The van der Waals surface area contributed by atoms with Gasteiger partial charge in [-0.25, -0.2) is 4.39 Å². The van der Waals surface area contributed by atoms with Crippen molar-refractivity contribution in [1.82, 2.24) is 14.7 Å². The lowest BCUT2D eigenvalue weighted by atomic mass is 10.1. The van der Waals surface area contributed by atoms with Crippen LogP contribution in [-0.2, 0) is 0 Å². The molecule has 104 valence electrons. The monoisotopic (exact) mass is 273 g/mol. The van der Waals surface area contributed by atoms with Crippen LogP contribution < -0.4 is 0 Å². The second-order valence-electron chi connectivity index (χ2n) is 5.16. The summed E-state index contributed by atoms with van der Waals surface area (Å²) in [5, 5.41) is 4.20. The molecular formula is C15H16FN3O. The Morgan fingerprint density at radius 1 is 1.45 bits per heavy atom. The third-order valence-electron chi connectivity index (χ3n) is 3.70. The number of carbonyl (C=O) groups excluding carboxylic acids is 1. The maximum Gasteiger partial charge on any atom is 0.256 e. The predicted octanol–water partition coefficient (Wildman–Crippen LogP) is 2.42. The summed E-state index contributed by atoms with van der Waals surface area (Å²) in [6.07, 6.45) is 4.47. The van der Waals surface area contributed by atoms with Crippen molar-refractivity contribution >= 4 is 5.91 Å². The first-order valence-electron chi connectivity index (χ1n) is 6.69. The Balaban J connectivity index is 1.76. The summed E-state index contributed by atoms with van der Waals surface area (Å²) in [6, 6.07) is 6.77. The van der Waals surface area contributed by atoms with Crippen molar-refractivity contribution < 1.29 is 9.18 Å². The molecule has 0 saturated carbocycles. The van der Waals surface area contributed by atoms with Crippen LogP contribution in [0.15, 0.2) is 36.7 Å². The Morgan fingerprint density at radius 3 is 3.00 bits per heavy atom. The number of nitrogens with zero attached hydrogens (tertiary/aromatic N) is 3. The van der Waals surface area contributed by atoms with Gasteiger partial charge in [-0.05, 0) is 37.1 Å². The number of likely N-dealkylation sites (tertiary alicyclic amines) is 1. The van der Waals surface area contributed by atoms with Gasteiger partial charge in [-0.15, -0.1) is 0 Å². The summed E-state index contributed by atoms with van der Waals surface area (Å²) in [7, 11) is 0. The van der Waals surface area contributed by atoms with Crippen LogP contribution in [-0.4, -0.2) is 33.7 Å². The fourth-order valence-corrected chi connectivity index (χ4v) is 2.60. The molecule has 4 nitrogen and oxygen atoms in total. The molecule has 0 N–H and O–H groups in total. The van der Waals surface area contributed by atoms with Crippen LogP contribution in [0.25, 0.3) is 0 Å². The minimum Gasteiger partial charge on any atom is -0.336 e. The average molecular weight is 273 g/mol. The van der Waals surface area contributed by atoms with E-state index >= 15 is 0 Å². The maximum absolute atomic E-state index is 13.9. The Bertz CT molecular complexity index is 624. The van der Waals surface area contributed by atoms with Crippen molar-refractivity contribution in [2.45, 2.75) is 19.4 Å². The molecule has 0 aliphatic carbocycles. The molecule has 5 heteroatoms. The molecule has 1 atom stereocenters. The highest BCUT2D eigenvalue weighted by Gasteiger charge is 2.29. The summed E-state index contributed by atoms with van der Waals surface area (Å²) in [6.45, 7) is 3.02. The second kappa shape index (κ2) is 5.07. The summed E-state index contributed by atoms with van der Waals surface area (Å²) in [5.41, 5.74) is 0.964. The zero-order valence-corrected chi connectivity index (χ0v) is 11.3. The quantitative estimate of drug-likeness (QED) is 0.842. The molecule has 1 fully saturated rings. The zero-order valence-electron chi connectivity index (χ0n) is 11.3. The van der Waals surface area contributed by atoms with E-state index in [1.807, 2.05) is 16.9 Å². The maximum atomic E-state index is 13.9. The second-order valence-corrected chi connectivity index (χ2v) is 5.16. The molecule has 2 heterocycles. The minimum atomic E-state index is -0.447. The fourth-order valence-electron chi connectivity index (χ4n) is 2.60. The Hall–Kier alpha value is -2.17. The highest BCUT2D eigenvalue weighted by atomic mass is 19.1. The van der Waals surface area contributed by atoms with E-state index in [2.05, 4.69) is 5.10 Å². The first-order valence-corrected chi connectivity index (χ1v) is 6.69. The lowest BCUT2D eigenvalue weighted by Crippen LogP contribution is -2.30. The van der Waals surface area contributed by atoms with Gasteiger partial charge in [0.25, 0.3) is 5.91 Å². The third kappa shape index (κ3) is 2.31. The van der Waals surface area contributed by atoms with E-state index in [-0.39, 0.29) is 17.5 Å². The van der Waals surface area contributed by atoms with E-state index in [9.17, 15) is 9.18 Å². The number of aromatic nitrogens is 2. The normalized spacial score (nSPS) is 18.5. The van der Waals surface area contributed by atoms with Crippen molar-refractivity contribution in [3.05, 3.63) is 53.6 Å². The largest absolute Gasteiger partial charge is 0.336 e. The number of benzene rings is 1. The first-order chi connectivity index (χ1) is 9.65. The number of amides is 1. The minimum absolute atomic E-state index is 0.150. The van der Waals surface area contributed by atoms with E-state index in [1.165, 1.54) is 6.07 Å². The van der Waals surface area contributed by atoms with Gasteiger partial charge in [-0.3, -0.25) is 9.48 Å². The van der Waals surface area contributed by atoms with Gasteiger partial charge in [0.15, 0.2) is 0 Å². The molecular weight excluding hydrogens is 257 g/mol. The van der Waals surface area contributed by atoms with Gasteiger partial charge in [0.05, 0.1) is 11.6 Å². The molecule has 1 unspecified atom stereocenters. The van der Waals surface area contributed by atoms with Gasteiger partial charge < -0.3 is 4.90 Å². The van der Waals surface area contributed by atoms with Crippen molar-refractivity contribution in [2.24, 2.45) is 0 Å². The van der Waals surface area contributed by atoms with Crippen LogP contribution in [0.5, 0.6) is 0 Å². The Labute approximate surface area is 116 Å². The van der Waals surface area contributed by atoms with Crippen LogP contribution in [0.2, 0.25) is 0 Å². The average Bonchev–Trinajstić information content (AvgIpc) is 3.09. The summed E-state index contributed by atoms with van der Waals surface area (Å²) in [4.78, 5) is 14.0. The lowest BCUT2D eigenvalue weighted by molar-refractivity contribution is 0.0782. The molecule has 20 heavy (non-hydrogen) atoms. The molecule has 2 aromatic rings. The first kappa shape index (κ1) is 12.8. The Kier molecular flexibility index (Phi) is 3.26. The van der Waals surface area contributed by atoms with Crippen LogP contribution in [0.1, 0.15) is 28.4 Å². The van der Waals surface area contributed by atoms with Gasteiger partial charge in [0.1, 0.15) is 5.82 Å². The summed E-state index contributed by atoms with van der Waals surface area (Å²) < 4.78 is 15.7. The molecule has 0 bridgehead atoms. The number of halogens is 1. The molecule has 1 aliphatic rings. The van der Waals surface area contributed by atoms with E-state index in [4.69, 9.17) is 0 Å². The van der Waals surface area contributed by atoms with Gasteiger partial charge in [-0.2, -0.15) is 5.10 Å². The number of hydrogen-bond donors (Lipinski definition) is 0. The zero-order chi connectivity index (χ0) is 14.1. The molecule has 0 radical (unpaired) electrons. The highest BCUT2D eigenvalue weighted by molar-refractivity contribution is 5.94. The third-order valence-corrected chi connectivity index (χ3v) is 3.70. The molecule has 1 amide bonds. The topological polar surface area (TPSA) is 38.1 Å². The number of hydrogen-bond acceptors (Lipinski definition) is 2. The number of aryl methyl sites for hydroxylation is 1. The van der Waals surface area contributed by atoms with Crippen LogP contribution in [0.3, 0.4) is 0 Å². The summed E-state index contributed by atoms with van der Waals surface area (Å²) in [5.74, 6) is -0.685. The van der Waals surface area contributed by atoms with Crippen LogP contribution in [0.4, 0.5) is 4.39 Å². The van der Waals surface area contributed by atoms with Gasteiger partial charge in [-0.1, -0.05) is 6.07 Å². The summed E-state index contributed by atoms with van der Waals surface area (Å²) >= 11 is 0. The Morgan fingerprint density at radius 2 is 2.30 bits per heavy atom. The van der Waals surface area contributed by atoms with Crippen molar-refractivity contribution in [2.75, 3.05) is 13.1 Å². The van der Waals surface area contributed by atoms with Crippen molar-refractivity contribution in [3.63, 3.8) is 0 Å². The standard InChI is InChI=1S/C15H16FN3O/c1-11-3-4-13(14(16)9-11)15(20)18-8-5-12(10-18)19-7-2-6-17-19/h2-4,6-7,9,12H,5,8,10H2,1H3. The lowest BCUT2D eigenvalue weighted by Gasteiger charge is -2.17. The van der Waals surface area contributed by atoms with Gasteiger partial charge in [0, 0.05) is 25.5 Å². The van der Waals surface area contributed by atoms with E-state index in [1.54, 1.807) is 30.2 Å². The number of rotatable bonds is 2. The smallest absolute Gasteiger partial charge is 0.256 e. The molecule has 1 aromatic carbocycles. The highest BCUT2D eigenvalue weighted by Crippen LogP contribution is 2.23. The van der Waals surface area contributed by atoms with Crippen molar-refractivity contribution in [1.29, 1.82) is 0 Å². The van der Waals surface area contributed by atoms with Gasteiger partial charge in [0.2, 0.25) is 0 Å². The van der Waals surface area contributed by atoms with E-state index in [0.29, 0.717) is 13.1 Å². The molecule has 1 aliphatic heterocycles. The van der Waals surface area contributed by atoms with Crippen molar-refractivity contribution in [3.8, 4) is 0 Å². The molecule has 1 aromatic heterocycles.